The quantitative estimate of drug-likeness (QED) is 0.630. The van der Waals surface area contributed by atoms with Gasteiger partial charge in [0.15, 0.2) is 0 Å². The van der Waals surface area contributed by atoms with Crippen molar-refractivity contribution in [2.24, 2.45) is 0 Å². The van der Waals surface area contributed by atoms with Crippen molar-refractivity contribution in [1.29, 1.82) is 0 Å². The molecule has 0 saturated heterocycles. The Hall–Kier alpha value is -0.160. The topological polar surface area (TPSA) is 30.5 Å². The lowest BCUT2D eigenvalue weighted by Gasteiger charge is -2.17. The third kappa shape index (κ3) is 14.4. The molecule has 0 rings (SSSR count). The van der Waals surface area contributed by atoms with Crippen LogP contribution in [0, 0.1) is 0 Å². The number of rotatable bonds is 6. The van der Waals surface area contributed by atoms with Crippen LogP contribution in [0.15, 0.2) is 0 Å². The highest BCUT2D eigenvalue weighted by Gasteiger charge is 1.91. The molecule has 0 aliphatic heterocycles. The van der Waals surface area contributed by atoms with Crippen LogP contribution in [0.5, 0.6) is 0 Å². The molecule has 0 unspecified atom stereocenters. The lowest BCUT2D eigenvalue weighted by atomic mass is 10.6. The molecular formula is C10H28N4. The molecule has 0 aromatic rings. The molecule has 2 N–H and O–H groups in total. The standard InChI is InChI=1S/C6H16N2.C4H12N2/c1-4-7-8(5-2)6-3;1-4-5-6(2)3/h7H,4-6H2,1-3H3;5H,4H2,1-3H3. The van der Waals surface area contributed by atoms with Gasteiger partial charge in [0.25, 0.3) is 0 Å². The smallest absolute Gasteiger partial charge is 0.0102 e. The maximum absolute atomic E-state index is 3.22. The summed E-state index contributed by atoms with van der Waals surface area (Å²) in [6, 6.07) is 0. The number of hydrogen-bond acceptors (Lipinski definition) is 4. The molecule has 88 valence electrons. The molecule has 0 aromatic heterocycles. The lowest BCUT2D eigenvalue weighted by Crippen LogP contribution is -2.37. The zero-order chi connectivity index (χ0) is 11.4. The fraction of sp³-hybridized carbons (Fsp3) is 1.00. The molecule has 4 heteroatoms. The maximum atomic E-state index is 3.22. The van der Waals surface area contributed by atoms with Crippen molar-refractivity contribution in [2.45, 2.75) is 27.7 Å². The summed E-state index contributed by atoms with van der Waals surface area (Å²) >= 11 is 0. The van der Waals surface area contributed by atoms with E-state index in [-0.39, 0.29) is 0 Å². The molecule has 0 aromatic carbocycles. The van der Waals surface area contributed by atoms with Gasteiger partial charge in [-0.1, -0.05) is 27.7 Å². The fourth-order valence-corrected chi connectivity index (χ4v) is 0.987. The van der Waals surface area contributed by atoms with Crippen LogP contribution >= 0.6 is 0 Å². The second kappa shape index (κ2) is 12.8. The molecule has 0 fully saturated rings. The van der Waals surface area contributed by atoms with E-state index in [4.69, 9.17) is 0 Å². The van der Waals surface area contributed by atoms with E-state index >= 15 is 0 Å². The predicted octanol–water partition coefficient (Wildman–Crippen LogP) is 0.925. The predicted molar refractivity (Wildman–Crippen MR) is 64.0 cm³/mol. The van der Waals surface area contributed by atoms with Gasteiger partial charge in [-0.15, -0.1) is 0 Å². The summed E-state index contributed by atoms with van der Waals surface area (Å²) in [5, 5.41) is 4.11. The van der Waals surface area contributed by atoms with Crippen molar-refractivity contribution in [3.63, 3.8) is 0 Å². The Morgan fingerprint density at radius 1 is 0.786 bits per heavy atom. The second-order valence-electron chi connectivity index (χ2n) is 3.09. The van der Waals surface area contributed by atoms with Crippen LogP contribution in [0.1, 0.15) is 27.7 Å². The van der Waals surface area contributed by atoms with Gasteiger partial charge in [-0.25, -0.2) is 5.01 Å². The third-order valence-corrected chi connectivity index (χ3v) is 1.62. The van der Waals surface area contributed by atoms with Gasteiger partial charge in [-0.2, -0.15) is 0 Å². The summed E-state index contributed by atoms with van der Waals surface area (Å²) in [4.78, 5) is 0. The van der Waals surface area contributed by atoms with Crippen LogP contribution < -0.4 is 10.9 Å². The maximum Gasteiger partial charge on any atom is 0.0102 e. The Morgan fingerprint density at radius 2 is 1.21 bits per heavy atom. The Balaban J connectivity index is 0. The first kappa shape index (κ1) is 16.3. The van der Waals surface area contributed by atoms with Crippen LogP contribution in [0.3, 0.4) is 0 Å². The molecule has 0 heterocycles. The summed E-state index contributed by atoms with van der Waals surface area (Å²) in [7, 11) is 3.95. The number of hydrogen-bond donors (Lipinski definition) is 2. The van der Waals surface area contributed by atoms with Gasteiger partial charge in [0.1, 0.15) is 0 Å². The van der Waals surface area contributed by atoms with Gasteiger partial charge in [-0.05, 0) is 0 Å². The van der Waals surface area contributed by atoms with E-state index in [1.807, 2.05) is 19.1 Å². The lowest BCUT2D eigenvalue weighted by molar-refractivity contribution is 0.215. The van der Waals surface area contributed by atoms with Gasteiger partial charge in [0.05, 0.1) is 0 Å². The van der Waals surface area contributed by atoms with E-state index in [2.05, 4.69) is 43.6 Å². The number of nitrogens with one attached hydrogen (secondary N) is 2. The van der Waals surface area contributed by atoms with Crippen LogP contribution in [0.4, 0.5) is 0 Å². The normalized spacial score (nSPS) is 10.3. The van der Waals surface area contributed by atoms with E-state index in [1.165, 1.54) is 0 Å². The minimum absolute atomic E-state index is 1.01. The second-order valence-corrected chi connectivity index (χ2v) is 3.09. The van der Waals surface area contributed by atoms with Gasteiger partial charge in [0, 0.05) is 40.3 Å². The van der Waals surface area contributed by atoms with E-state index in [1.54, 1.807) is 0 Å². The molecule has 0 atom stereocenters. The molecule has 0 bridgehead atoms. The van der Waals surface area contributed by atoms with Crippen molar-refractivity contribution in [3.05, 3.63) is 0 Å². The van der Waals surface area contributed by atoms with Crippen molar-refractivity contribution in [2.75, 3.05) is 40.3 Å². The van der Waals surface area contributed by atoms with Gasteiger partial charge in [-0.3, -0.25) is 15.9 Å². The molecule has 0 amide bonds. The van der Waals surface area contributed by atoms with E-state index < -0.39 is 0 Å². The summed E-state index contributed by atoms with van der Waals surface area (Å²) < 4.78 is 0. The van der Waals surface area contributed by atoms with Crippen molar-refractivity contribution >= 4 is 0 Å². The molecular weight excluding hydrogens is 176 g/mol. The van der Waals surface area contributed by atoms with Crippen LogP contribution in [0.2, 0.25) is 0 Å². The molecule has 14 heavy (non-hydrogen) atoms. The Labute approximate surface area is 89.6 Å². The molecule has 0 aliphatic rings. The average molecular weight is 204 g/mol. The highest BCUT2D eigenvalue weighted by Crippen LogP contribution is 1.76. The van der Waals surface area contributed by atoms with E-state index in [0.29, 0.717) is 0 Å². The zero-order valence-corrected chi connectivity index (χ0v) is 10.7. The SMILES string of the molecule is CCNN(C)C.CCNN(CC)CC. The highest BCUT2D eigenvalue weighted by molar-refractivity contribution is 4.40. The number of nitrogens with zero attached hydrogens (tertiary/aromatic N) is 2. The van der Waals surface area contributed by atoms with E-state index in [9.17, 15) is 0 Å². The largest absolute Gasteiger partial charge is 0.256 e. The first-order valence-corrected chi connectivity index (χ1v) is 5.51. The molecule has 0 radical (unpaired) electrons. The first-order valence-electron chi connectivity index (χ1n) is 5.51. The van der Waals surface area contributed by atoms with Gasteiger partial charge < -0.3 is 0 Å². The van der Waals surface area contributed by atoms with Crippen LogP contribution in [-0.4, -0.2) is 50.3 Å². The monoisotopic (exact) mass is 204 g/mol. The zero-order valence-electron chi connectivity index (χ0n) is 10.7. The summed E-state index contributed by atoms with van der Waals surface area (Å²) in [6.45, 7) is 12.7. The summed E-state index contributed by atoms with van der Waals surface area (Å²) in [5.74, 6) is 0. The Bertz CT molecular complexity index is 92.1. The Morgan fingerprint density at radius 3 is 1.29 bits per heavy atom. The van der Waals surface area contributed by atoms with Crippen molar-refractivity contribution in [3.8, 4) is 0 Å². The van der Waals surface area contributed by atoms with Gasteiger partial charge in [0.2, 0.25) is 0 Å². The van der Waals surface area contributed by atoms with Crippen molar-refractivity contribution in [1.82, 2.24) is 20.9 Å². The average Bonchev–Trinajstić information content (AvgIpc) is 2.15. The third-order valence-electron chi connectivity index (χ3n) is 1.62. The summed E-state index contributed by atoms with van der Waals surface area (Å²) in [6.07, 6.45) is 0. The summed E-state index contributed by atoms with van der Waals surface area (Å²) in [5.41, 5.74) is 6.26. The van der Waals surface area contributed by atoms with Crippen molar-refractivity contribution < 1.29 is 0 Å². The van der Waals surface area contributed by atoms with Crippen LogP contribution in [0.25, 0.3) is 0 Å². The fourth-order valence-electron chi connectivity index (χ4n) is 0.987. The minimum atomic E-state index is 1.01. The Kier molecular flexibility index (Phi) is 14.9. The molecule has 0 spiro atoms. The first-order chi connectivity index (χ1) is 6.62. The molecule has 4 nitrogen and oxygen atoms in total. The highest BCUT2D eigenvalue weighted by atomic mass is 15.5. The van der Waals surface area contributed by atoms with E-state index in [0.717, 1.165) is 26.2 Å². The van der Waals surface area contributed by atoms with Gasteiger partial charge >= 0.3 is 0 Å². The van der Waals surface area contributed by atoms with Crippen LogP contribution in [-0.2, 0) is 0 Å². The molecule has 0 aliphatic carbocycles. The molecule has 0 saturated carbocycles. The minimum Gasteiger partial charge on any atom is -0.256 e. The number of hydrazine groups is 2.